The summed E-state index contributed by atoms with van der Waals surface area (Å²) in [5.74, 6) is -0.896. The smallest absolute Gasteiger partial charge is 0.244 e. The fraction of sp³-hybridized carbons (Fsp3) is 0.333. The van der Waals surface area contributed by atoms with Crippen molar-refractivity contribution in [3.05, 3.63) is 63.1 Å². The highest BCUT2D eigenvalue weighted by Crippen LogP contribution is 2.25. The van der Waals surface area contributed by atoms with E-state index < -0.39 is 28.5 Å². The van der Waals surface area contributed by atoms with Crippen LogP contribution in [0.2, 0.25) is 5.02 Å². The van der Waals surface area contributed by atoms with E-state index in [9.17, 15) is 18.0 Å². The lowest BCUT2D eigenvalue weighted by molar-refractivity contribution is -0.139. The second-order valence-corrected chi connectivity index (χ2v) is 10.3. The van der Waals surface area contributed by atoms with Crippen LogP contribution in [0.15, 0.2) is 46.9 Å². The van der Waals surface area contributed by atoms with Gasteiger partial charge < -0.3 is 10.2 Å². The van der Waals surface area contributed by atoms with Crippen molar-refractivity contribution in [2.45, 2.75) is 26.4 Å². The number of carbonyl (C=O) groups is 2. The van der Waals surface area contributed by atoms with Crippen molar-refractivity contribution in [2.75, 3.05) is 24.2 Å². The molecule has 2 rings (SSSR count). The van der Waals surface area contributed by atoms with Crippen LogP contribution in [0.1, 0.15) is 18.1 Å². The third-order valence-corrected chi connectivity index (χ3v) is 7.22. The number of anilines is 1. The third-order valence-electron chi connectivity index (χ3n) is 4.82. The molecule has 2 aromatic rings. The van der Waals surface area contributed by atoms with E-state index in [-0.39, 0.29) is 12.5 Å². The predicted molar refractivity (Wildman–Crippen MR) is 127 cm³/mol. The van der Waals surface area contributed by atoms with Gasteiger partial charge in [-0.2, -0.15) is 0 Å². The molecule has 0 aromatic heterocycles. The lowest BCUT2D eigenvalue weighted by Crippen LogP contribution is -2.50. The Morgan fingerprint density at radius 3 is 2.39 bits per heavy atom. The number of rotatable bonds is 8. The van der Waals surface area contributed by atoms with E-state index in [1.165, 1.54) is 11.9 Å². The molecule has 0 radical (unpaired) electrons. The molecule has 10 heteroatoms. The maximum absolute atomic E-state index is 13.3. The molecule has 7 nitrogen and oxygen atoms in total. The molecule has 0 aliphatic heterocycles. The Kier molecular flexibility index (Phi) is 8.50. The van der Waals surface area contributed by atoms with Gasteiger partial charge in [0, 0.05) is 23.1 Å². The molecule has 31 heavy (non-hydrogen) atoms. The molecular weight excluding hydrogens is 506 g/mol. The summed E-state index contributed by atoms with van der Waals surface area (Å²) in [7, 11) is -2.29. The molecule has 0 fully saturated rings. The van der Waals surface area contributed by atoms with Crippen LogP contribution in [-0.2, 0) is 26.2 Å². The number of benzene rings is 2. The quantitative estimate of drug-likeness (QED) is 0.567. The highest BCUT2D eigenvalue weighted by atomic mass is 79.9. The van der Waals surface area contributed by atoms with Gasteiger partial charge in [-0.25, -0.2) is 8.42 Å². The van der Waals surface area contributed by atoms with Crippen molar-refractivity contribution in [3.63, 3.8) is 0 Å². The number of sulfonamides is 1. The Balaban J connectivity index is 2.42. The fourth-order valence-corrected chi connectivity index (χ4v) is 4.28. The van der Waals surface area contributed by atoms with Crippen LogP contribution in [0.4, 0.5) is 5.69 Å². The first kappa shape index (κ1) is 25.2. The first-order valence-corrected chi connectivity index (χ1v) is 12.5. The van der Waals surface area contributed by atoms with Gasteiger partial charge in [0.2, 0.25) is 21.8 Å². The summed E-state index contributed by atoms with van der Waals surface area (Å²) in [4.78, 5) is 26.9. The summed E-state index contributed by atoms with van der Waals surface area (Å²) < 4.78 is 26.9. The average Bonchev–Trinajstić information content (AvgIpc) is 2.71. The maximum Gasteiger partial charge on any atom is 0.244 e. The van der Waals surface area contributed by atoms with E-state index in [1.54, 1.807) is 49.4 Å². The lowest BCUT2D eigenvalue weighted by Gasteiger charge is -2.31. The molecule has 2 aromatic carbocycles. The summed E-state index contributed by atoms with van der Waals surface area (Å²) in [5, 5.41) is 2.98. The molecule has 2 amide bonds. The van der Waals surface area contributed by atoms with Crippen LogP contribution in [0, 0.1) is 6.92 Å². The first-order chi connectivity index (χ1) is 14.5. The lowest BCUT2D eigenvalue weighted by atomic mass is 10.1. The molecule has 0 unspecified atom stereocenters. The van der Waals surface area contributed by atoms with Gasteiger partial charge in [0.15, 0.2) is 0 Å². The van der Waals surface area contributed by atoms with Gasteiger partial charge in [-0.05, 0) is 49.2 Å². The van der Waals surface area contributed by atoms with Crippen LogP contribution < -0.4 is 9.62 Å². The van der Waals surface area contributed by atoms with Crippen molar-refractivity contribution in [3.8, 4) is 0 Å². The second-order valence-electron chi connectivity index (χ2n) is 7.11. The fourth-order valence-electron chi connectivity index (χ4n) is 3.00. The van der Waals surface area contributed by atoms with E-state index in [2.05, 4.69) is 21.2 Å². The van der Waals surface area contributed by atoms with Crippen LogP contribution in [-0.4, -0.2) is 51.0 Å². The van der Waals surface area contributed by atoms with Crippen molar-refractivity contribution in [1.82, 2.24) is 10.2 Å². The molecule has 0 aliphatic carbocycles. The van der Waals surface area contributed by atoms with Gasteiger partial charge in [-0.3, -0.25) is 13.9 Å². The minimum absolute atomic E-state index is 0.0596. The Morgan fingerprint density at radius 2 is 1.84 bits per heavy atom. The number of nitrogens with one attached hydrogen (secondary N) is 1. The SMILES string of the molecule is CNC(=O)[C@@H](C)N(Cc1ccccc1Cl)C(=O)CN(c1ccc(Br)c(C)c1)S(C)(=O)=O. The number of carbonyl (C=O) groups excluding carboxylic acids is 2. The van der Waals surface area contributed by atoms with Gasteiger partial charge >= 0.3 is 0 Å². The predicted octanol–water partition coefficient (Wildman–Crippen LogP) is 3.34. The molecule has 0 aliphatic rings. The number of hydrogen-bond acceptors (Lipinski definition) is 4. The molecule has 168 valence electrons. The van der Waals surface area contributed by atoms with Gasteiger partial charge in [0.25, 0.3) is 0 Å². The normalized spacial score (nSPS) is 12.2. The first-order valence-electron chi connectivity index (χ1n) is 9.44. The third kappa shape index (κ3) is 6.44. The Hall–Kier alpha value is -2.10. The number of nitrogens with zero attached hydrogens (tertiary/aromatic N) is 2. The van der Waals surface area contributed by atoms with Gasteiger partial charge in [0.1, 0.15) is 12.6 Å². The number of halogens is 2. The van der Waals surface area contributed by atoms with E-state index >= 15 is 0 Å². The highest BCUT2D eigenvalue weighted by Gasteiger charge is 2.30. The van der Waals surface area contributed by atoms with Crippen LogP contribution >= 0.6 is 27.5 Å². The number of aryl methyl sites for hydroxylation is 1. The van der Waals surface area contributed by atoms with E-state index in [0.29, 0.717) is 16.3 Å². The van der Waals surface area contributed by atoms with Crippen LogP contribution in [0.25, 0.3) is 0 Å². The van der Waals surface area contributed by atoms with Crippen molar-refractivity contribution in [2.24, 2.45) is 0 Å². The standard InChI is InChI=1S/C21H25BrClN3O4S/c1-14-11-17(9-10-18(14)22)26(31(4,29)30)13-20(27)25(15(2)21(28)24-3)12-16-7-5-6-8-19(16)23/h5-11,15H,12-13H2,1-4H3,(H,24,28)/t15-/m1/s1. The minimum Gasteiger partial charge on any atom is -0.357 e. The van der Waals surface area contributed by atoms with Crippen LogP contribution in [0.5, 0.6) is 0 Å². The number of hydrogen-bond donors (Lipinski definition) is 1. The topological polar surface area (TPSA) is 86.8 Å². The highest BCUT2D eigenvalue weighted by molar-refractivity contribution is 9.10. The Bertz CT molecular complexity index is 1080. The van der Waals surface area contributed by atoms with Crippen molar-refractivity contribution in [1.29, 1.82) is 0 Å². The summed E-state index contributed by atoms with van der Waals surface area (Å²) in [5.41, 5.74) is 1.84. The summed E-state index contributed by atoms with van der Waals surface area (Å²) in [6, 6.07) is 11.2. The molecule has 1 atom stereocenters. The molecule has 0 saturated heterocycles. The summed E-state index contributed by atoms with van der Waals surface area (Å²) in [6.07, 6.45) is 1.04. The average molecular weight is 531 g/mol. The zero-order valence-electron chi connectivity index (χ0n) is 17.7. The summed E-state index contributed by atoms with van der Waals surface area (Å²) >= 11 is 9.64. The van der Waals surface area contributed by atoms with Gasteiger partial charge in [-0.15, -0.1) is 0 Å². The molecule has 1 N–H and O–H groups in total. The van der Waals surface area contributed by atoms with E-state index in [1.807, 2.05) is 6.92 Å². The molecule has 0 bridgehead atoms. The zero-order valence-corrected chi connectivity index (χ0v) is 20.9. The number of amides is 2. The molecular formula is C21H25BrClN3O4S. The van der Waals surface area contributed by atoms with Crippen LogP contribution in [0.3, 0.4) is 0 Å². The summed E-state index contributed by atoms with van der Waals surface area (Å²) in [6.45, 7) is 3.02. The maximum atomic E-state index is 13.3. The molecule has 0 spiro atoms. The second kappa shape index (κ2) is 10.5. The monoisotopic (exact) mass is 529 g/mol. The van der Waals surface area contributed by atoms with E-state index in [4.69, 9.17) is 11.6 Å². The molecule has 0 saturated carbocycles. The van der Waals surface area contributed by atoms with Crippen molar-refractivity contribution < 1.29 is 18.0 Å². The van der Waals surface area contributed by atoms with Gasteiger partial charge in [-0.1, -0.05) is 45.7 Å². The molecule has 0 heterocycles. The Morgan fingerprint density at radius 1 is 1.19 bits per heavy atom. The minimum atomic E-state index is -3.76. The number of likely N-dealkylation sites (N-methyl/N-ethyl adjacent to an activating group) is 1. The largest absolute Gasteiger partial charge is 0.357 e. The Labute approximate surface area is 196 Å². The zero-order chi connectivity index (χ0) is 23.3. The van der Waals surface area contributed by atoms with Crippen molar-refractivity contribution >= 4 is 55.1 Å². The van der Waals surface area contributed by atoms with Gasteiger partial charge in [0.05, 0.1) is 11.9 Å². The van der Waals surface area contributed by atoms with E-state index in [0.717, 1.165) is 20.6 Å².